The molecule has 1 heterocycles. The minimum absolute atomic E-state index is 0.108. The van der Waals surface area contributed by atoms with Gasteiger partial charge in [0.15, 0.2) is 5.17 Å². The Bertz CT molecular complexity index is 832. The third-order valence-electron chi connectivity index (χ3n) is 3.88. The minimum Gasteiger partial charge on any atom is -0.378 e. The van der Waals surface area contributed by atoms with Gasteiger partial charge in [-0.15, -0.1) is 5.10 Å². The van der Waals surface area contributed by atoms with Gasteiger partial charge in [-0.05, 0) is 41.8 Å². The first kappa shape index (κ1) is 18.1. The van der Waals surface area contributed by atoms with Crippen molar-refractivity contribution >= 4 is 34.7 Å². The number of halogens is 1. The Kier molecular flexibility index (Phi) is 5.68. The van der Waals surface area contributed by atoms with Gasteiger partial charge < -0.3 is 10.2 Å². The number of hydrogen-bond acceptors (Lipinski definition) is 5. The first-order valence-corrected chi connectivity index (χ1v) is 8.99. The van der Waals surface area contributed by atoms with Gasteiger partial charge in [0.05, 0.1) is 11.5 Å². The first-order valence-electron chi connectivity index (χ1n) is 8.11. The molecule has 1 fully saturated rings. The molecule has 7 heteroatoms. The fourth-order valence-electron chi connectivity index (χ4n) is 2.43. The molecule has 0 saturated carbocycles. The van der Waals surface area contributed by atoms with Crippen LogP contribution in [0.2, 0.25) is 0 Å². The van der Waals surface area contributed by atoms with Gasteiger partial charge in [0.25, 0.3) is 0 Å². The predicted octanol–water partition coefficient (Wildman–Crippen LogP) is 3.06. The number of anilines is 1. The largest absolute Gasteiger partial charge is 0.378 e. The maximum Gasteiger partial charge on any atom is 0.239 e. The van der Waals surface area contributed by atoms with Crippen LogP contribution in [0.25, 0.3) is 0 Å². The molecule has 0 radical (unpaired) electrons. The number of rotatable bonds is 5. The summed E-state index contributed by atoms with van der Waals surface area (Å²) in [7, 11) is 3.97. The number of amides is 1. The highest BCUT2D eigenvalue weighted by atomic mass is 32.2. The van der Waals surface area contributed by atoms with E-state index in [1.807, 2.05) is 43.3 Å². The maximum absolute atomic E-state index is 13.0. The van der Waals surface area contributed by atoms with E-state index in [1.165, 1.54) is 23.9 Å². The van der Waals surface area contributed by atoms with Crippen molar-refractivity contribution in [3.8, 4) is 0 Å². The summed E-state index contributed by atoms with van der Waals surface area (Å²) in [6, 6.07) is 14.1. The fraction of sp³-hybridized carbons (Fsp3) is 0.211. The monoisotopic (exact) mass is 370 g/mol. The minimum atomic E-state index is -0.285. The van der Waals surface area contributed by atoms with E-state index in [1.54, 1.807) is 18.3 Å². The number of amidine groups is 1. The van der Waals surface area contributed by atoms with Crippen molar-refractivity contribution in [2.24, 2.45) is 10.2 Å². The van der Waals surface area contributed by atoms with Crippen molar-refractivity contribution < 1.29 is 9.18 Å². The van der Waals surface area contributed by atoms with Gasteiger partial charge in [0, 0.05) is 19.8 Å². The van der Waals surface area contributed by atoms with Gasteiger partial charge in [-0.2, -0.15) is 5.10 Å². The molecule has 2 aromatic carbocycles. The first-order chi connectivity index (χ1) is 12.5. The van der Waals surface area contributed by atoms with Crippen molar-refractivity contribution in [1.29, 1.82) is 0 Å². The molecule has 0 aliphatic carbocycles. The second kappa shape index (κ2) is 8.14. The summed E-state index contributed by atoms with van der Waals surface area (Å²) in [6.07, 6.45) is 2.16. The lowest BCUT2D eigenvalue weighted by atomic mass is 10.1. The van der Waals surface area contributed by atoms with E-state index in [0.717, 1.165) is 16.8 Å². The Hall–Kier alpha value is -2.67. The normalized spacial score (nSPS) is 18.5. The Labute approximate surface area is 156 Å². The molecule has 1 unspecified atom stereocenters. The summed E-state index contributed by atoms with van der Waals surface area (Å²) in [5.41, 5.74) is 2.94. The standard InChI is InChI=1S/C19H19FN4OS/c1-24(2)16-9-5-14(6-10-16)12-21-23-19-22-18(25)17(26-19)11-13-3-7-15(20)8-4-13/h3-10,12,17H,11H2,1-2H3,(H,22,23,25). The summed E-state index contributed by atoms with van der Waals surface area (Å²) >= 11 is 1.33. The average Bonchev–Trinajstić information content (AvgIpc) is 2.97. The summed E-state index contributed by atoms with van der Waals surface area (Å²) < 4.78 is 13.0. The lowest BCUT2D eigenvalue weighted by Gasteiger charge is -2.11. The lowest BCUT2D eigenvalue weighted by Crippen LogP contribution is -2.25. The molecule has 3 rings (SSSR count). The highest BCUT2D eigenvalue weighted by molar-refractivity contribution is 8.15. The third kappa shape index (κ3) is 4.70. The van der Waals surface area contributed by atoms with E-state index in [0.29, 0.717) is 11.6 Å². The van der Waals surface area contributed by atoms with Crippen molar-refractivity contribution in [2.45, 2.75) is 11.7 Å². The number of carbonyl (C=O) groups excluding carboxylic acids is 1. The average molecular weight is 370 g/mol. The zero-order valence-corrected chi connectivity index (χ0v) is 15.3. The molecule has 1 aliphatic rings. The van der Waals surface area contributed by atoms with Crippen LogP contribution in [0.15, 0.2) is 58.7 Å². The van der Waals surface area contributed by atoms with Crippen LogP contribution in [-0.2, 0) is 11.2 Å². The zero-order chi connectivity index (χ0) is 18.5. The molecule has 26 heavy (non-hydrogen) atoms. The van der Waals surface area contributed by atoms with Crippen molar-refractivity contribution in [2.75, 3.05) is 19.0 Å². The summed E-state index contributed by atoms with van der Waals surface area (Å²) in [4.78, 5) is 14.1. The molecule has 0 bridgehead atoms. The van der Waals surface area contributed by atoms with Crippen LogP contribution in [0.5, 0.6) is 0 Å². The Balaban J connectivity index is 1.59. The van der Waals surface area contributed by atoms with Crippen LogP contribution in [0.3, 0.4) is 0 Å². The van der Waals surface area contributed by atoms with Crippen molar-refractivity contribution in [3.63, 3.8) is 0 Å². The molecule has 1 saturated heterocycles. The SMILES string of the molecule is CN(C)c1ccc(C=N/N=C2\NC(=O)C(Cc3ccc(F)cc3)S2)cc1. The highest BCUT2D eigenvalue weighted by Crippen LogP contribution is 2.23. The molecule has 1 N–H and O–H groups in total. The van der Waals surface area contributed by atoms with E-state index >= 15 is 0 Å². The number of carbonyl (C=O) groups is 1. The fourth-order valence-corrected chi connectivity index (χ4v) is 3.39. The molecule has 1 atom stereocenters. The van der Waals surface area contributed by atoms with Crippen LogP contribution in [-0.4, -0.2) is 36.6 Å². The van der Waals surface area contributed by atoms with Gasteiger partial charge in [-0.1, -0.05) is 36.0 Å². The molecule has 1 amide bonds. The van der Waals surface area contributed by atoms with E-state index in [4.69, 9.17) is 0 Å². The van der Waals surface area contributed by atoms with E-state index in [2.05, 4.69) is 15.5 Å². The number of benzene rings is 2. The van der Waals surface area contributed by atoms with Gasteiger partial charge in [-0.3, -0.25) is 4.79 Å². The number of nitrogens with zero attached hydrogens (tertiary/aromatic N) is 3. The molecule has 2 aromatic rings. The van der Waals surface area contributed by atoms with Gasteiger partial charge in [-0.25, -0.2) is 4.39 Å². The second-order valence-corrected chi connectivity index (χ2v) is 7.25. The number of hydrogen-bond donors (Lipinski definition) is 1. The number of nitrogens with one attached hydrogen (secondary N) is 1. The van der Waals surface area contributed by atoms with Crippen LogP contribution in [0.4, 0.5) is 10.1 Å². The molecule has 0 aromatic heterocycles. The molecule has 5 nitrogen and oxygen atoms in total. The van der Waals surface area contributed by atoms with E-state index in [-0.39, 0.29) is 17.0 Å². The maximum atomic E-state index is 13.0. The lowest BCUT2D eigenvalue weighted by molar-refractivity contribution is -0.118. The number of thioether (sulfide) groups is 1. The quantitative estimate of drug-likeness (QED) is 0.650. The molecule has 0 spiro atoms. The zero-order valence-electron chi connectivity index (χ0n) is 14.5. The van der Waals surface area contributed by atoms with Gasteiger partial charge in [0.2, 0.25) is 5.91 Å². The predicted molar refractivity (Wildman–Crippen MR) is 105 cm³/mol. The Morgan fingerprint density at radius 1 is 1.15 bits per heavy atom. The Morgan fingerprint density at radius 3 is 2.50 bits per heavy atom. The van der Waals surface area contributed by atoms with Crippen LogP contribution >= 0.6 is 11.8 Å². The van der Waals surface area contributed by atoms with Crippen molar-refractivity contribution in [1.82, 2.24) is 5.32 Å². The van der Waals surface area contributed by atoms with Crippen LogP contribution in [0.1, 0.15) is 11.1 Å². The molecular weight excluding hydrogens is 351 g/mol. The van der Waals surface area contributed by atoms with E-state index in [9.17, 15) is 9.18 Å². The molecular formula is C19H19FN4OS. The summed E-state index contributed by atoms with van der Waals surface area (Å²) in [6.45, 7) is 0. The Morgan fingerprint density at radius 2 is 1.85 bits per heavy atom. The summed E-state index contributed by atoms with van der Waals surface area (Å²) in [5.74, 6) is -0.393. The van der Waals surface area contributed by atoms with Crippen LogP contribution < -0.4 is 10.2 Å². The highest BCUT2D eigenvalue weighted by Gasteiger charge is 2.30. The smallest absolute Gasteiger partial charge is 0.239 e. The topological polar surface area (TPSA) is 57.1 Å². The molecule has 134 valence electrons. The van der Waals surface area contributed by atoms with Gasteiger partial charge >= 0.3 is 0 Å². The molecule has 1 aliphatic heterocycles. The second-order valence-electron chi connectivity index (χ2n) is 6.06. The van der Waals surface area contributed by atoms with Crippen LogP contribution in [0, 0.1) is 5.82 Å². The third-order valence-corrected chi connectivity index (χ3v) is 4.95. The van der Waals surface area contributed by atoms with E-state index < -0.39 is 0 Å². The van der Waals surface area contributed by atoms with Gasteiger partial charge in [0.1, 0.15) is 5.82 Å². The van der Waals surface area contributed by atoms with Crippen molar-refractivity contribution in [3.05, 3.63) is 65.5 Å². The summed E-state index contributed by atoms with van der Waals surface area (Å²) in [5, 5.41) is 11.0.